The van der Waals surface area contributed by atoms with Crippen LogP contribution in [-0.2, 0) is 0 Å². The van der Waals surface area contributed by atoms with Gasteiger partial charge in [-0.2, -0.15) is 11.3 Å². The summed E-state index contributed by atoms with van der Waals surface area (Å²) in [4.78, 5) is 0. The zero-order chi connectivity index (χ0) is 6.24. The monoisotopic (exact) mass is 143 g/mol. The van der Waals surface area contributed by atoms with Crippen LogP contribution < -0.4 is 0 Å². The molecule has 42 valence electrons. The van der Waals surface area contributed by atoms with Crippen LogP contribution in [0.1, 0.15) is 0 Å². The number of thiophene rings is 1. The van der Waals surface area contributed by atoms with Gasteiger partial charge >= 0.3 is 0 Å². The maximum Gasteiger partial charge on any atom is 0.0554 e. The van der Waals surface area contributed by atoms with Gasteiger partial charge in [0.2, 0.25) is 0 Å². The molecule has 0 unspecified atom stereocenters. The predicted molar refractivity (Wildman–Crippen MR) is 39.6 cm³/mol. The molecule has 1 rings (SSSR count). The summed E-state index contributed by atoms with van der Waals surface area (Å²) in [5.74, 6) is 0. The van der Waals surface area contributed by atoms with Crippen molar-refractivity contribution < 1.29 is 0 Å². The summed E-state index contributed by atoms with van der Waals surface area (Å²) in [6.07, 6.45) is 0. The molecule has 0 aliphatic heterocycles. The van der Waals surface area contributed by atoms with Gasteiger partial charge in [0, 0.05) is 0 Å². The lowest BCUT2D eigenvalue weighted by Crippen LogP contribution is -1.16. The largest absolute Gasteiger partial charge is 0.248 e. The van der Waals surface area contributed by atoms with Gasteiger partial charge in [-0.15, -0.1) is 0 Å². The Bertz CT molecular complexity index is 122. The molecule has 0 fully saturated rings. The Morgan fingerprint density at radius 1 is 1.38 bits per heavy atom. The number of thiocarbonyl (C=S) groups is 1. The van der Waals surface area contributed by atoms with E-state index >= 15 is 0 Å². The highest BCUT2D eigenvalue weighted by molar-refractivity contribution is 7.78. The highest BCUT2D eigenvalue weighted by Gasteiger charge is 1.58. The van der Waals surface area contributed by atoms with E-state index in [2.05, 4.69) is 12.2 Å². The first-order chi connectivity index (χ1) is 3.91. The van der Waals surface area contributed by atoms with E-state index in [1.165, 1.54) is 0 Å². The topological polar surface area (TPSA) is 23.9 Å². The lowest BCUT2D eigenvalue weighted by molar-refractivity contribution is 1.61. The molecule has 1 nitrogen and oxygen atoms in total. The fourth-order valence-corrected chi connectivity index (χ4v) is 0.680. The molecule has 0 aromatic carbocycles. The van der Waals surface area contributed by atoms with E-state index in [1.807, 2.05) is 22.9 Å². The van der Waals surface area contributed by atoms with E-state index in [-0.39, 0.29) is 0 Å². The minimum atomic E-state index is 1.58. The highest BCUT2D eigenvalue weighted by Crippen LogP contribution is 1.91. The number of nitrogens with one attached hydrogen (secondary N) is 1. The zero-order valence-corrected chi connectivity index (χ0v) is 5.76. The fourth-order valence-electron chi connectivity index (χ4n) is 0.227. The van der Waals surface area contributed by atoms with Gasteiger partial charge < -0.3 is 0 Å². The van der Waals surface area contributed by atoms with Crippen LogP contribution in [0.4, 0.5) is 0 Å². The average molecular weight is 143 g/mol. The van der Waals surface area contributed by atoms with Gasteiger partial charge in [-0.25, -0.2) is 5.41 Å². The van der Waals surface area contributed by atoms with Crippen molar-refractivity contribution in [2.24, 2.45) is 0 Å². The van der Waals surface area contributed by atoms with E-state index < -0.39 is 0 Å². The van der Waals surface area contributed by atoms with Gasteiger partial charge in [-0.3, -0.25) is 0 Å². The molecule has 0 amide bonds. The summed E-state index contributed by atoms with van der Waals surface area (Å²) >= 11 is 5.52. The van der Waals surface area contributed by atoms with Crippen LogP contribution in [0, 0.1) is 5.41 Å². The van der Waals surface area contributed by atoms with Crippen LogP contribution in [0.2, 0.25) is 0 Å². The minimum absolute atomic E-state index is 1.58. The smallest absolute Gasteiger partial charge is 0.0554 e. The maximum atomic E-state index is 5.77. The molecule has 0 radical (unpaired) electrons. The number of hydrogen-bond acceptors (Lipinski definition) is 3. The Balaban J connectivity index is 0.000000145. The van der Waals surface area contributed by atoms with Crippen molar-refractivity contribution in [2.75, 3.05) is 0 Å². The van der Waals surface area contributed by atoms with E-state index in [1.54, 1.807) is 16.5 Å². The van der Waals surface area contributed by atoms with E-state index in [4.69, 9.17) is 5.41 Å². The molecule has 1 N–H and O–H groups in total. The standard InChI is InChI=1S/C4H4S.CHNS/c1-2-4-5-3-1;2-1-3/h1-4H;2H. The second kappa shape index (κ2) is 6.50. The molecule has 8 heavy (non-hydrogen) atoms. The normalized spacial score (nSPS) is 6.00. The molecule has 1 aromatic heterocycles. The molecule has 0 bridgehead atoms. The zero-order valence-electron chi connectivity index (χ0n) is 4.13. The maximum absolute atomic E-state index is 5.77. The second-order valence-corrected chi connectivity index (χ2v) is 1.92. The van der Waals surface area contributed by atoms with Crippen LogP contribution in [0.25, 0.3) is 0 Å². The SMILES string of the molecule is N=C=S.c1ccsc1. The number of rotatable bonds is 0. The van der Waals surface area contributed by atoms with Crippen molar-refractivity contribution in [3.05, 3.63) is 22.9 Å². The molecule has 0 spiro atoms. The molecule has 0 aliphatic rings. The Morgan fingerprint density at radius 3 is 1.88 bits per heavy atom. The molecule has 3 heteroatoms. The lowest BCUT2D eigenvalue weighted by Gasteiger charge is -1.39. The lowest BCUT2D eigenvalue weighted by atomic mass is 10.7. The van der Waals surface area contributed by atoms with Crippen LogP contribution in [0.3, 0.4) is 0 Å². The Kier molecular flexibility index (Phi) is 6.09. The quantitative estimate of drug-likeness (QED) is 0.437. The van der Waals surface area contributed by atoms with Crippen molar-refractivity contribution in [3.63, 3.8) is 0 Å². The third-order valence-electron chi connectivity index (χ3n) is 0.425. The van der Waals surface area contributed by atoms with Gasteiger partial charge in [0.25, 0.3) is 0 Å². The summed E-state index contributed by atoms with van der Waals surface area (Å²) in [5.41, 5.74) is 0. The predicted octanol–water partition coefficient (Wildman–Crippen LogP) is 2.42. The summed E-state index contributed by atoms with van der Waals surface area (Å²) in [6.45, 7) is 0. The third-order valence-corrected chi connectivity index (χ3v) is 1.05. The first kappa shape index (κ1) is 7.50. The van der Waals surface area contributed by atoms with Crippen LogP contribution in [0.15, 0.2) is 22.9 Å². The van der Waals surface area contributed by atoms with Crippen molar-refractivity contribution in [2.45, 2.75) is 0 Å². The summed E-state index contributed by atoms with van der Waals surface area (Å²) in [6, 6.07) is 4.04. The Morgan fingerprint density at radius 2 is 1.75 bits per heavy atom. The summed E-state index contributed by atoms with van der Waals surface area (Å²) in [5, 5.41) is 11.4. The van der Waals surface area contributed by atoms with Crippen LogP contribution in [-0.4, -0.2) is 5.16 Å². The molecule has 0 aliphatic carbocycles. The summed E-state index contributed by atoms with van der Waals surface area (Å²) < 4.78 is 0. The summed E-state index contributed by atoms with van der Waals surface area (Å²) in [7, 11) is 0. The third kappa shape index (κ3) is 5.50. The van der Waals surface area contributed by atoms with Crippen molar-refractivity contribution in [1.29, 1.82) is 5.41 Å². The average Bonchev–Trinajstić information content (AvgIpc) is 2.17. The number of hydrogen-bond donors (Lipinski definition) is 1. The van der Waals surface area contributed by atoms with Gasteiger partial charge in [-0.05, 0) is 23.0 Å². The molecule has 1 aromatic rings. The van der Waals surface area contributed by atoms with Crippen LogP contribution in [0.5, 0.6) is 0 Å². The van der Waals surface area contributed by atoms with Gasteiger partial charge in [0.1, 0.15) is 0 Å². The van der Waals surface area contributed by atoms with E-state index in [0.29, 0.717) is 0 Å². The minimum Gasteiger partial charge on any atom is -0.248 e. The van der Waals surface area contributed by atoms with E-state index in [0.717, 1.165) is 0 Å². The van der Waals surface area contributed by atoms with Crippen molar-refractivity contribution in [1.82, 2.24) is 0 Å². The second-order valence-electron chi connectivity index (χ2n) is 0.895. The molecule has 0 saturated heterocycles. The van der Waals surface area contributed by atoms with Gasteiger partial charge in [0.05, 0.1) is 5.16 Å². The first-order valence-electron chi connectivity index (χ1n) is 1.93. The Hall–Kier alpha value is -0.500. The van der Waals surface area contributed by atoms with Gasteiger partial charge in [-0.1, -0.05) is 12.1 Å². The molecular weight excluding hydrogens is 138 g/mol. The molecule has 0 atom stereocenters. The van der Waals surface area contributed by atoms with E-state index in [9.17, 15) is 0 Å². The van der Waals surface area contributed by atoms with Crippen LogP contribution >= 0.6 is 23.6 Å². The van der Waals surface area contributed by atoms with Gasteiger partial charge in [0.15, 0.2) is 0 Å². The van der Waals surface area contributed by atoms with Crippen molar-refractivity contribution >= 4 is 28.7 Å². The highest BCUT2D eigenvalue weighted by atomic mass is 32.1. The molecule has 0 saturated carbocycles. The van der Waals surface area contributed by atoms with Crippen molar-refractivity contribution in [3.8, 4) is 0 Å². The first-order valence-corrected chi connectivity index (χ1v) is 3.28. The Labute approximate surface area is 57.5 Å². The fraction of sp³-hybridized carbons (Fsp3) is 0. The number of isothiocyanates is 1. The molecular formula is C5H5NS2. The molecule has 1 heterocycles.